The van der Waals surface area contributed by atoms with Crippen molar-refractivity contribution in [1.82, 2.24) is 0 Å². The van der Waals surface area contributed by atoms with E-state index in [2.05, 4.69) is 5.18 Å². The van der Waals surface area contributed by atoms with Crippen LogP contribution in [0.25, 0.3) is 0 Å². The van der Waals surface area contributed by atoms with Gasteiger partial charge in [0.25, 0.3) is 0 Å². The van der Waals surface area contributed by atoms with Crippen LogP contribution >= 0.6 is 0 Å². The lowest BCUT2D eigenvalue weighted by molar-refractivity contribution is -0.152. The van der Waals surface area contributed by atoms with Gasteiger partial charge in [-0.25, -0.2) is 4.79 Å². The first kappa shape index (κ1) is 11.2. The van der Waals surface area contributed by atoms with E-state index in [1.165, 1.54) is 38.1 Å². The number of hydrogen-bond donors (Lipinski definition) is 1. The van der Waals surface area contributed by atoms with Crippen LogP contribution in [0, 0.1) is 4.91 Å². The van der Waals surface area contributed by atoms with Gasteiger partial charge >= 0.3 is 5.97 Å². The van der Waals surface area contributed by atoms with E-state index in [0.29, 0.717) is 5.75 Å². The smallest absolute Gasteiger partial charge is 0.347 e. The summed E-state index contributed by atoms with van der Waals surface area (Å²) in [7, 11) is 0. The molecule has 0 atom stereocenters. The minimum atomic E-state index is -1.30. The first-order valence-corrected chi connectivity index (χ1v) is 4.31. The quantitative estimate of drug-likeness (QED) is 0.772. The van der Waals surface area contributed by atoms with Crippen LogP contribution in [0.4, 0.5) is 5.69 Å². The highest BCUT2D eigenvalue weighted by molar-refractivity contribution is 5.76. The fourth-order valence-electron chi connectivity index (χ4n) is 0.913. The average Bonchev–Trinajstić information content (AvgIpc) is 2.18. The molecule has 0 radical (unpaired) electrons. The summed E-state index contributed by atoms with van der Waals surface area (Å²) in [6.45, 7) is 2.89. The Bertz CT molecular complexity index is 370. The zero-order chi connectivity index (χ0) is 11.5. The Morgan fingerprint density at radius 1 is 1.33 bits per heavy atom. The summed E-state index contributed by atoms with van der Waals surface area (Å²) in [5.41, 5.74) is -1.02. The Balaban J connectivity index is 2.81. The summed E-state index contributed by atoms with van der Waals surface area (Å²) >= 11 is 0. The molecule has 1 N–H and O–H groups in total. The van der Waals surface area contributed by atoms with Crippen LogP contribution in [0.5, 0.6) is 5.75 Å². The average molecular weight is 209 g/mol. The Kier molecular flexibility index (Phi) is 3.04. The molecule has 1 aromatic carbocycles. The lowest BCUT2D eigenvalue weighted by Crippen LogP contribution is -2.37. The van der Waals surface area contributed by atoms with E-state index in [-0.39, 0.29) is 5.69 Å². The SMILES string of the molecule is CC(C)(Oc1ccc(N=O)cc1)C(=O)O. The van der Waals surface area contributed by atoms with Crippen LogP contribution in [0.2, 0.25) is 0 Å². The molecule has 80 valence electrons. The molecule has 0 unspecified atom stereocenters. The van der Waals surface area contributed by atoms with Gasteiger partial charge < -0.3 is 9.84 Å². The van der Waals surface area contributed by atoms with Crippen LogP contribution in [0.1, 0.15) is 13.8 Å². The molecular weight excluding hydrogens is 198 g/mol. The fourth-order valence-corrected chi connectivity index (χ4v) is 0.913. The number of rotatable bonds is 4. The van der Waals surface area contributed by atoms with Gasteiger partial charge in [0.05, 0.1) is 0 Å². The number of nitrogens with zero attached hydrogens (tertiary/aromatic N) is 1. The number of ether oxygens (including phenoxy) is 1. The van der Waals surface area contributed by atoms with Crippen molar-refractivity contribution < 1.29 is 14.6 Å². The number of carboxylic acid groups (broad SMARTS) is 1. The topological polar surface area (TPSA) is 76.0 Å². The largest absolute Gasteiger partial charge is 0.478 e. The Morgan fingerprint density at radius 3 is 2.27 bits per heavy atom. The molecule has 0 heterocycles. The Morgan fingerprint density at radius 2 is 1.87 bits per heavy atom. The van der Waals surface area contributed by atoms with Gasteiger partial charge in [0.1, 0.15) is 11.4 Å². The van der Waals surface area contributed by atoms with Crippen molar-refractivity contribution in [1.29, 1.82) is 0 Å². The molecule has 1 aromatic rings. The van der Waals surface area contributed by atoms with Crippen LogP contribution < -0.4 is 4.74 Å². The number of benzene rings is 1. The first-order valence-electron chi connectivity index (χ1n) is 4.31. The first-order chi connectivity index (χ1) is 6.95. The summed E-state index contributed by atoms with van der Waals surface area (Å²) in [6, 6.07) is 5.92. The monoisotopic (exact) mass is 209 g/mol. The molecule has 0 saturated carbocycles. The minimum Gasteiger partial charge on any atom is -0.478 e. The zero-order valence-corrected chi connectivity index (χ0v) is 8.43. The maximum atomic E-state index is 10.8. The second-order valence-electron chi connectivity index (χ2n) is 3.50. The van der Waals surface area contributed by atoms with Crippen LogP contribution in [-0.2, 0) is 4.79 Å². The van der Waals surface area contributed by atoms with E-state index in [1.54, 1.807) is 0 Å². The predicted octanol–water partition coefficient (Wildman–Crippen LogP) is 2.33. The minimum absolute atomic E-state index is 0.274. The second kappa shape index (κ2) is 4.08. The van der Waals surface area contributed by atoms with Crippen molar-refractivity contribution >= 4 is 11.7 Å². The number of carbonyl (C=O) groups is 1. The van der Waals surface area contributed by atoms with Crippen molar-refractivity contribution in [2.75, 3.05) is 0 Å². The van der Waals surface area contributed by atoms with E-state index in [1.807, 2.05) is 0 Å². The van der Waals surface area contributed by atoms with Crippen molar-refractivity contribution in [3.05, 3.63) is 29.2 Å². The van der Waals surface area contributed by atoms with Crippen molar-refractivity contribution in [2.24, 2.45) is 5.18 Å². The standard InChI is InChI=1S/C10H11NO4/c1-10(2,9(12)13)15-8-5-3-7(11-14)4-6-8/h3-6H,1-2H3,(H,12,13). The van der Waals surface area contributed by atoms with Gasteiger partial charge in [-0.1, -0.05) is 0 Å². The molecule has 0 aliphatic carbocycles. The van der Waals surface area contributed by atoms with Crippen LogP contribution in [0.15, 0.2) is 29.4 Å². The normalized spacial score (nSPS) is 10.8. The molecule has 0 bridgehead atoms. The highest BCUT2D eigenvalue weighted by Crippen LogP contribution is 2.21. The molecule has 5 heteroatoms. The summed E-state index contributed by atoms with van der Waals surface area (Å²) in [4.78, 5) is 20.9. The molecule has 1 rings (SSSR count). The lowest BCUT2D eigenvalue weighted by Gasteiger charge is -2.21. The Labute approximate surface area is 86.7 Å². The van der Waals surface area contributed by atoms with Crippen molar-refractivity contribution in [3.8, 4) is 5.75 Å². The molecule has 0 fully saturated rings. The molecule has 0 saturated heterocycles. The molecule has 15 heavy (non-hydrogen) atoms. The van der Waals surface area contributed by atoms with E-state index < -0.39 is 11.6 Å². The molecule has 5 nitrogen and oxygen atoms in total. The number of nitroso groups, excluding NO2 is 1. The van der Waals surface area contributed by atoms with Gasteiger partial charge in [-0.3, -0.25) is 0 Å². The van der Waals surface area contributed by atoms with Gasteiger partial charge in [0.15, 0.2) is 5.60 Å². The lowest BCUT2D eigenvalue weighted by atomic mass is 10.1. The summed E-state index contributed by atoms with van der Waals surface area (Å²) in [5.74, 6) is -0.671. The van der Waals surface area contributed by atoms with E-state index in [4.69, 9.17) is 9.84 Å². The predicted molar refractivity (Wildman–Crippen MR) is 54.2 cm³/mol. The molecule has 0 aliphatic rings. The summed E-state index contributed by atoms with van der Waals surface area (Å²) in [5, 5.41) is 11.5. The third-order valence-electron chi connectivity index (χ3n) is 1.83. The number of carboxylic acids is 1. The van der Waals surface area contributed by atoms with E-state index >= 15 is 0 Å². The summed E-state index contributed by atoms with van der Waals surface area (Å²) < 4.78 is 5.22. The van der Waals surface area contributed by atoms with Gasteiger partial charge in [0, 0.05) is 0 Å². The van der Waals surface area contributed by atoms with Gasteiger partial charge in [-0.15, -0.1) is 4.91 Å². The van der Waals surface area contributed by atoms with Crippen LogP contribution in [-0.4, -0.2) is 16.7 Å². The maximum absolute atomic E-state index is 10.8. The molecule has 0 amide bonds. The molecule has 0 spiro atoms. The molecule has 0 aliphatic heterocycles. The fraction of sp³-hybridized carbons (Fsp3) is 0.300. The van der Waals surface area contributed by atoms with E-state index in [0.717, 1.165) is 0 Å². The highest BCUT2D eigenvalue weighted by atomic mass is 16.5. The number of aliphatic carboxylic acids is 1. The van der Waals surface area contributed by atoms with Gasteiger partial charge in [0.2, 0.25) is 0 Å². The Hall–Kier alpha value is -1.91. The van der Waals surface area contributed by atoms with Crippen molar-refractivity contribution in [3.63, 3.8) is 0 Å². The third kappa shape index (κ3) is 2.77. The van der Waals surface area contributed by atoms with Crippen molar-refractivity contribution in [2.45, 2.75) is 19.4 Å². The summed E-state index contributed by atoms with van der Waals surface area (Å²) in [6.07, 6.45) is 0. The maximum Gasteiger partial charge on any atom is 0.347 e. The highest BCUT2D eigenvalue weighted by Gasteiger charge is 2.29. The van der Waals surface area contributed by atoms with Gasteiger partial charge in [-0.05, 0) is 43.3 Å². The zero-order valence-electron chi connectivity index (χ0n) is 8.43. The van der Waals surface area contributed by atoms with E-state index in [9.17, 15) is 9.70 Å². The van der Waals surface area contributed by atoms with Gasteiger partial charge in [-0.2, -0.15) is 0 Å². The molecular formula is C10H11NO4. The second-order valence-corrected chi connectivity index (χ2v) is 3.50. The number of hydrogen-bond acceptors (Lipinski definition) is 4. The third-order valence-corrected chi connectivity index (χ3v) is 1.83. The van der Waals surface area contributed by atoms with Crippen LogP contribution in [0.3, 0.4) is 0 Å². The molecule has 0 aromatic heterocycles.